The molecule has 1 aliphatic rings. The van der Waals surface area contributed by atoms with Crippen LogP contribution in [0.15, 0.2) is 0 Å². The number of hydrogen-bond acceptors (Lipinski definition) is 1. The quantitative estimate of drug-likeness (QED) is 0.666. The summed E-state index contributed by atoms with van der Waals surface area (Å²) in [5, 5.41) is 0. The summed E-state index contributed by atoms with van der Waals surface area (Å²) in [4.78, 5) is 2.65. The molecular weight excluding hydrogens is 170 g/mol. The molecule has 0 N–H and O–H groups in total. The largest absolute Gasteiger partial charge is 0.303 e. The maximum absolute atomic E-state index is 2.65. The topological polar surface area (TPSA) is 3.24 Å². The van der Waals surface area contributed by atoms with Crippen molar-refractivity contribution in [2.24, 2.45) is 11.3 Å². The zero-order valence-electron chi connectivity index (χ0n) is 10.5. The second-order valence-electron chi connectivity index (χ2n) is 5.79. The SMILES string of the molecule is CCC(C)(C)CCN1CCC(C)CC1. The number of nitrogens with zero attached hydrogens (tertiary/aromatic N) is 1. The lowest BCUT2D eigenvalue weighted by Gasteiger charge is -2.33. The average molecular weight is 197 g/mol. The van der Waals surface area contributed by atoms with Crippen LogP contribution in [0.25, 0.3) is 0 Å². The number of hydrogen-bond donors (Lipinski definition) is 0. The third-order valence-electron chi connectivity index (χ3n) is 3.94. The van der Waals surface area contributed by atoms with Crippen molar-refractivity contribution in [2.75, 3.05) is 19.6 Å². The number of likely N-dealkylation sites (tertiary alicyclic amines) is 1. The van der Waals surface area contributed by atoms with E-state index in [0.29, 0.717) is 5.41 Å². The van der Waals surface area contributed by atoms with Gasteiger partial charge in [-0.2, -0.15) is 0 Å². The lowest BCUT2D eigenvalue weighted by molar-refractivity contribution is 0.163. The first-order valence-corrected chi connectivity index (χ1v) is 6.26. The number of rotatable bonds is 4. The molecule has 84 valence electrons. The van der Waals surface area contributed by atoms with E-state index >= 15 is 0 Å². The minimum absolute atomic E-state index is 0.545. The third-order valence-corrected chi connectivity index (χ3v) is 3.94. The first kappa shape index (κ1) is 12.0. The second-order valence-corrected chi connectivity index (χ2v) is 5.79. The van der Waals surface area contributed by atoms with Gasteiger partial charge in [-0.05, 0) is 50.2 Å². The van der Waals surface area contributed by atoms with E-state index in [1.807, 2.05) is 0 Å². The van der Waals surface area contributed by atoms with E-state index in [1.165, 1.54) is 45.3 Å². The van der Waals surface area contributed by atoms with Crippen molar-refractivity contribution in [3.63, 3.8) is 0 Å². The summed E-state index contributed by atoms with van der Waals surface area (Å²) in [6.07, 6.45) is 5.48. The van der Waals surface area contributed by atoms with Gasteiger partial charge in [0, 0.05) is 0 Å². The Balaban J connectivity index is 2.19. The zero-order valence-corrected chi connectivity index (χ0v) is 10.5. The van der Waals surface area contributed by atoms with Gasteiger partial charge in [-0.15, -0.1) is 0 Å². The minimum Gasteiger partial charge on any atom is -0.303 e. The molecule has 14 heavy (non-hydrogen) atoms. The summed E-state index contributed by atoms with van der Waals surface area (Å²) in [6, 6.07) is 0. The molecule has 0 atom stereocenters. The predicted octanol–water partition coefficient (Wildman–Crippen LogP) is 3.54. The maximum atomic E-state index is 2.65. The van der Waals surface area contributed by atoms with Crippen molar-refractivity contribution in [1.29, 1.82) is 0 Å². The zero-order chi connectivity index (χ0) is 10.6. The van der Waals surface area contributed by atoms with Crippen LogP contribution in [0, 0.1) is 11.3 Å². The van der Waals surface area contributed by atoms with Gasteiger partial charge in [0.2, 0.25) is 0 Å². The fourth-order valence-electron chi connectivity index (χ4n) is 1.92. The Morgan fingerprint density at radius 2 is 1.79 bits per heavy atom. The lowest BCUT2D eigenvalue weighted by atomic mass is 9.86. The van der Waals surface area contributed by atoms with Crippen molar-refractivity contribution in [2.45, 2.75) is 53.4 Å². The van der Waals surface area contributed by atoms with Gasteiger partial charge in [0.25, 0.3) is 0 Å². The lowest BCUT2D eigenvalue weighted by Crippen LogP contribution is -2.35. The Morgan fingerprint density at radius 3 is 2.29 bits per heavy atom. The summed E-state index contributed by atoms with van der Waals surface area (Å²) >= 11 is 0. The molecule has 0 aromatic carbocycles. The molecular formula is C13H27N. The monoisotopic (exact) mass is 197 g/mol. The summed E-state index contributed by atoms with van der Waals surface area (Å²) in [5.41, 5.74) is 0.545. The second kappa shape index (κ2) is 5.16. The predicted molar refractivity (Wildman–Crippen MR) is 63.5 cm³/mol. The molecule has 1 fully saturated rings. The molecule has 1 saturated heterocycles. The van der Waals surface area contributed by atoms with E-state index in [9.17, 15) is 0 Å². The van der Waals surface area contributed by atoms with Crippen LogP contribution in [-0.4, -0.2) is 24.5 Å². The molecule has 1 aliphatic heterocycles. The molecule has 0 spiro atoms. The van der Waals surface area contributed by atoms with Crippen molar-refractivity contribution in [3.05, 3.63) is 0 Å². The van der Waals surface area contributed by atoms with Gasteiger partial charge in [-0.1, -0.05) is 34.1 Å². The Kier molecular flexibility index (Phi) is 4.43. The van der Waals surface area contributed by atoms with Crippen LogP contribution < -0.4 is 0 Å². The van der Waals surface area contributed by atoms with Gasteiger partial charge < -0.3 is 4.90 Å². The van der Waals surface area contributed by atoms with Gasteiger partial charge in [-0.3, -0.25) is 0 Å². The molecule has 0 saturated carbocycles. The van der Waals surface area contributed by atoms with E-state index in [0.717, 1.165) is 5.92 Å². The van der Waals surface area contributed by atoms with Gasteiger partial charge in [0.15, 0.2) is 0 Å². The van der Waals surface area contributed by atoms with Crippen LogP contribution in [0.4, 0.5) is 0 Å². The standard InChI is InChI=1S/C13H27N/c1-5-13(3,4)8-11-14-9-6-12(2)7-10-14/h12H,5-11H2,1-4H3. The molecule has 1 rings (SSSR count). The molecule has 0 aromatic rings. The van der Waals surface area contributed by atoms with Gasteiger partial charge in [-0.25, -0.2) is 0 Å². The van der Waals surface area contributed by atoms with E-state index in [4.69, 9.17) is 0 Å². The first-order valence-electron chi connectivity index (χ1n) is 6.26. The maximum Gasteiger partial charge on any atom is -0.00136 e. The van der Waals surface area contributed by atoms with E-state index in [-0.39, 0.29) is 0 Å². The first-order chi connectivity index (χ1) is 6.53. The molecule has 0 aromatic heterocycles. The van der Waals surface area contributed by atoms with Crippen LogP contribution in [0.3, 0.4) is 0 Å². The Hall–Kier alpha value is -0.0400. The van der Waals surface area contributed by atoms with Crippen LogP contribution in [-0.2, 0) is 0 Å². The van der Waals surface area contributed by atoms with Crippen molar-refractivity contribution < 1.29 is 0 Å². The smallest absolute Gasteiger partial charge is 0.00136 e. The van der Waals surface area contributed by atoms with Crippen molar-refractivity contribution in [3.8, 4) is 0 Å². The van der Waals surface area contributed by atoms with E-state index < -0.39 is 0 Å². The summed E-state index contributed by atoms with van der Waals surface area (Å²) in [7, 11) is 0. The molecule has 1 nitrogen and oxygen atoms in total. The molecule has 0 bridgehead atoms. The highest BCUT2D eigenvalue weighted by molar-refractivity contribution is 4.73. The Labute approximate surface area is 89.9 Å². The minimum atomic E-state index is 0.545. The van der Waals surface area contributed by atoms with E-state index in [1.54, 1.807) is 0 Å². The Bertz CT molecular complexity index is 155. The van der Waals surface area contributed by atoms with Crippen LogP contribution >= 0.6 is 0 Å². The normalized spacial score (nSPS) is 21.4. The van der Waals surface area contributed by atoms with Crippen LogP contribution in [0.2, 0.25) is 0 Å². The molecule has 0 amide bonds. The highest BCUT2D eigenvalue weighted by atomic mass is 15.1. The third kappa shape index (κ3) is 4.00. The van der Waals surface area contributed by atoms with Crippen molar-refractivity contribution in [1.82, 2.24) is 4.90 Å². The summed E-state index contributed by atoms with van der Waals surface area (Å²) < 4.78 is 0. The Morgan fingerprint density at radius 1 is 1.21 bits per heavy atom. The molecule has 1 heterocycles. The molecule has 0 radical (unpaired) electrons. The van der Waals surface area contributed by atoms with Gasteiger partial charge >= 0.3 is 0 Å². The van der Waals surface area contributed by atoms with Crippen LogP contribution in [0.1, 0.15) is 53.4 Å². The fraction of sp³-hybridized carbons (Fsp3) is 1.00. The summed E-state index contributed by atoms with van der Waals surface area (Å²) in [6.45, 7) is 13.4. The van der Waals surface area contributed by atoms with Gasteiger partial charge in [0.1, 0.15) is 0 Å². The van der Waals surface area contributed by atoms with Crippen LogP contribution in [0.5, 0.6) is 0 Å². The van der Waals surface area contributed by atoms with E-state index in [2.05, 4.69) is 32.6 Å². The highest BCUT2D eigenvalue weighted by Crippen LogP contribution is 2.25. The van der Waals surface area contributed by atoms with Gasteiger partial charge in [0.05, 0.1) is 0 Å². The number of piperidine rings is 1. The molecule has 0 aliphatic carbocycles. The highest BCUT2D eigenvalue weighted by Gasteiger charge is 2.19. The summed E-state index contributed by atoms with van der Waals surface area (Å²) in [5.74, 6) is 0.963. The average Bonchev–Trinajstić information content (AvgIpc) is 2.17. The fourth-order valence-corrected chi connectivity index (χ4v) is 1.92. The molecule has 1 heteroatoms. The molecule has 0 unspecified atom stereocenters. The van der Waals surface area contributed by atoms with Crippen molar-refractivity contribution >= 4 is 0 Å².